The van der Waals surface area contributed by atoms with Crippen LogP contribution in [0.2, 0.25) is 0 Å². The quantitative estimate of drug-likeness (QED) is 0.263. The lowest BCUT2D eigenvalue weighted by Crippen LogP contribution is -2.47. The minimum absolute atomic E-state index is 0.211. The fraction of sp³-hybridized carbons (Fsp3) is 0.542. The van der Waals surface area contributed by atoms with E-state index in [1.165, 1.54) is 31.2 Å². The number of unbranched alkanes of at least 4 members (excludes halogenated alkanes) is 5. The fourth-order valence-corrected chi connectivity index (χ4v) is 4.13. The third-order valence-electron chi connectivity index (χ3n) is 5.45. The lowest BCUT2D eigenvalue weighted by molar-refractivity contribution is -0.158. The number of thiol groups is 1. The standard InChI is InChI=1S/C24H34O3S/c1-3-23(25)27-21-17-13-18-22(28)24(21,26-2)19-12-7-5-4-6-9-14-20-15-10-8-11-16-20/h8,10-11,13,15-18,21,28H,3-7,9,12,14,19H2,1-2H3. The second-order valence-electron chi connectivity index (χ2n) is 7.40. The number of carbonyl (C=O) groups is 1. The summed E-state index contributed by atoms with van der Waals surface area (Å²) in [6, 6.07) is 10.7. The van der Waals surface area contributed by atoms with Gasteiger partial charge in [-0.05, 0) is 30.9 Å². The molecule has 0 fully saturated rings. The number of hydrogen-bond donors (Lipinski definition) is 1. The first-order chi connectivity index (χ1) is 13.6. The molecule has 0 spiro atoms. The van der Waals surface area contributed by atoms with E-state index in [0.717, 1.165) is 30.6 Å². The third-order valence-corrected chi connectivity index (χ3v) is 5.98. The number of hydrogen-bond acceptors (Lipinski definition) is 4. The maximum Gasteiger partial charge on any atom is 0.306 e. The Bertz CT molecular complexity index is 653. The highest BCUT2D eigenvalue weighted by atomic mass is 32.1. The second kappa shape index (κ2) is 12.1. The van der Waals surface area contributed by atoms with Crippen molar-refractivity contribution in [2.24, 2.45) is 0 Å². The lowest BCUT2D eigenvalue weighted by atomic mass is 9.85. The summed E-state index contributed by atoms with van der Waals surface area (Å²) in [6.07, 6.45) is 14.8. The molecule has 2 unspecified atom stereocenters. The van der Waals surface area contributed by atoms with Crippen molar-refractivity contribution < 1.29 is 14.3 Å². The van der Waals surface area contributed by atoms with Gasteiger partial charge in [-0.1, -0.05) is 81.5 Å². The van der Waals surface area contributed by atoms with Crippen LogP contribution in [0.25, 0.3) is 0 Å². The molecule has 2 rings (SSSR count). The van der Waals surface area contributed by atoms with Crippen molar-refractivity contribution in [3.63, 3.8) is 0 Å². The van der Waals surface area contributed by atoms with Crippen LogP contribution in [0.4, 0.5) is 0 Å². The maximum atomic E-state index is 11.8. The zero-order valence-electron chi connectivity index (χ0n) is 17.2. The summed E-state index contributed by atoms with van der Waals surface area (Å²) in [5, 5.41) is 0. The topological polar surface area (TPSA) is 35.5 Å². The molecule has 0 saturated carbocycles. The molecule has 1 aliphatic carbocycles. The molecule has 154 valence electrons. The molecule has 0 N–H and O–H groups in total. The van der Waals surface area contributed by atoms with Crippen LogP contribution in [0, 0.1) is 0 Å². The van der Waals surface area contributed by atoms with Crippen LogP contribution in [0.3, 0.4) is 0 Å². The Morgan fingerprint density at radius 3 is 2.43 bits per heavy atom. The van der Waals surface area contributed by atoms with Gasteiger partial charge in [-0.3, -0.25) is 4.79 Å². The number of allylic oxidation sites excluding steroid dienone is 2. The van der Waals surface area contributed by atoms with Gasteiger partial charge in [0.15, 0.2) is 6.10 Å². The SMILES string of the molecule is CCC(=O)OC1C=CC=C(S)C1(CCCCCCCCc1ccccc1)OC. The van der Waals surface area contributed by atoms with Crippen LogP contribution in [-0.2, 0) is 20.7 Å². The Morgan fingerprint density at radius 1 is 1.07 bits per heavy atom. The van der Waals surface area contributed by atoms with Crippen LogP contribution in [-0.4, -0.2) is 24.8 Å². The number of benzene rings is 1. The third kappa shape index (κ3) is 6.52. The van der Waals surface area contributed by atoms with Gasteiger partial charge in [0.25, 0.3) is 0 Å². The molecule has 3 nitrogen and oxygen atoms in total. The molecule has 1 aliphatic rings. The van der Waals surface area contributed by atoms with Crippen LogP contribution >= 0.6 is 12.6 Å². The normalized spacial score (nSPS) is 21.4. The van der Waals surface area contributed by atoms with Crippen molar-refractivity contribution >= 4 is 18.6 Å². The molecule has 0 bridgehead atoms. The van der Waals surface area contributed by atoms with Gasteiger partial charge in [-0.25, -0.2) is 0 Å². The maximum absolute atomic E-state index is 11.8. The molecule has 0 radical (unpaired) electrons. The Balaban J connectivity index is 1.72. The highest BCUT2D eigenvalue weighted by Gasteiger charge is 2.43. The molecule has 0 aliphatic heterocycles. The van der Waals surface area contributed by atoms with Crippen LogP contribution in [0.1, 0.15) is 63.9 Å². The molecule has 2 atom stereocenters. The van der Waals surface area contributed by atoms with Crippen molar-refractivity contribution in [2.75, 3.05) is 7.11 Å². The summed E-state index contributed by atoms with van der Waals surface area (Å²) in [4.78, 5) is 12.6. The first-order valence-electron chi connectivity index (χ1n) is 10.5. The highest BCUT2D eigenvalue weighted by Crippen LogP contribution is 2.38. The van der Waals surface area contributed by atoms with Crippen LogP contribution in [0.5, 0.6) is 0 Å². The smallest absolute Gasteiger partial charge is 0.306 e. The zero-order valence-corrected chi connectivity index (χ0v) is 18.1. The Hall–Kier alpha value is -1.52. The van der Waals surface area contributed by atoms with Gasteiger partial charge in [0.2, 0.25) is 0 Å². The van der Waals surface area contributed by atoms with Gasteiger partial charge in [0, 0.05) is 18.4 Å². The van der Waals surface area contributed by atoms with E-state index in [-0.39, 0.29) is 5.97 Å². The molecule has 0 heterocycles. The van der Waals surface area contributed by atoms with E-state index in [1.54, 1.807) is 14.0 Å². The summed E-state index contributed by atoms with van der Waals surface area (Å²) in [5.41, 5.74) is 0.770. The predicted octanol–water partition coefficient (Wildman–Crippen LogP) is 6.05. The van der Waals surface area contributed by atoms with Gasteiger partial charge in [0.05, 0.1) is 0 Å². The van der Waals surface area contributed by atoms with Gasteiger partial charge in [-0.2, -0.15) is 0 Å². The van der Waals surface area contributed by atoms with Gasteiger partial charge in [0.1, 0.15) is 5.60 Å². The average Bonchev–Trinajstić information content (AvgIpc) is 2.72. The van der Waals surface area contributed by atoms with Crippen molar-refractivity contribution in [2.45, 2.75) is 76.4 Å². The minimum atomic E-state index is -0.657. The first kappa shape index (κ1) is 22.8. The predicted molar refractivity (Wildman–Crippen MR) is 119 cm³/mol. The van der Waals surface area contributed by atoms with Crippen molar-refractivity contribution in [3.8, 4) is 0 Å². The monoisotopic (exact) mass is 402 g/mol. The Morgan fingerprint density at radius 2 is 1.75 bits per heavy atom. The molecule has 4 heteroatoms. The summed E-state index contributed by atoms with van der Waals surface area (Å²) in [5.74, 6) is -0.211. The molecule has 0 amide bonds. The summed E-state index contributed by atoms with van der Waals surface area (Å²) in [6.45, 7) is 1.80. The highest BCUT2D eigenvalue weighted by molar-refractivity contribution is 7.84. The van der Waals surface area contributed by atoms with E-state index < -0.39 is 11.7 Å². The molecular formula is C24H34O3S. The summed E-state index contributed by atoms with van der Waals surface area (Å²) >= 11 is 4.63. The van der Waals surface area contributed by atoms with Crippen LogP contribution in [0.15, 0.2) is 53.5 Å². The number of rotatable bonds is 12. The first-order valence-corrected chi connectivity index (χ1v) is 10.9. The minimum Gasteiger partial charge on any atom is -0.455 e. The number of aryl methyl sites for hydroxylation is 1. The van der Waals surface area contributed by atoms with E-state index in [1.807, 2.05) is 18.2 Å². The Kier molecular flexibility index (Phi) is 9.86. The molecule has 0 saturated heterocycles. The molecule has 1 aromatic rings. The molecule has 1 aromatic carbocycles. The lowest BCUT2D eigenvalue weighted by Gasteiger charge is -2.39. The van der Waals surface area contributed by atoms with Gasteiger partial charge in [-0.15, -0.1) is 12.6 Å². The largest absolute Gasteiger partial charge is 0.455 e. The van der Waals surface area contributed by atoms with Crippen molar-refractivity contribution in [1.29, 1.82) is 0 Å². The van der Waals surface area contributed by atoms with Crippen molar-refractivity contribution in [1.82, 2.24) is 0 Å². The molecule has 0 aromatic heterocycles. The van der Waals surface area contributed by atoms with E-state index in [0.29, 0.717) is 6.42 Å². The van der Waals surface area contributed by atoms with Gasteiger partial charge < -0.3 is 9.47 Å². The Labute approximate surface area is 175 Å². The fourth-order valence-electron chi connectivity index (χ4n) is 3.71. The van der Waals surface area contributed by atoms with E-state index in [2.05, 4.69) is 43.0 Å². The second-order valence-corrected chi connectivity index (χ2v) is 7.88. The van der Waals surface area contributed by atoms with Crippen LogP contribution < -0.4 is 0 Å². The van der Waals surface area contributed by atoms with E-state index >= 15 is 0 Å². The van der Waals surface area contributed by atoms with Gasteiger partial charge >= 0.3 is 5.97 Å². The summed E-state index contributed by atoms with van der Waals surface area (Å²) in [7, 11) is 1.68. The average molecular weight is 403 g/mol. The van der Waals surface area contributed by atoms with Crippen molar-refractivity contribution in [3.05, 3.63) is 59.0 Å². The number of carbonyl (C=O) groups excluding carboxylic acids is 1. The summed E-state index contributed by atoms with van der Waals surface area (Å²) < 4.78 is 11.5. The number of methoxy groups -OCH3 is 1. The van der Waals surface area contributed by atoms with E-state index in [9.17, 15) is 4.79 Å². The molecular weight excluding hydrogens is 368 g/mol. The van der Waals surface area contributed by atoms with E-state index in [4.69, 9.17) is 9.47 Å². The molecule has 28 heavy (non-hydrogen) atoms. The number of esters is 1. The number of ether oxygens (including phenoxy) is 2. The zero-order chi connectivity index (χ0) is 20.2.